The zero-order valence-corrected chi connectivity index (χ0v) is 27.2. The van der Waals surface area contributed by atoms with Gasteiger partial charge in [-0.3, -0.25) is 0 Å². The maximum Gasteiger partial charge on any atom is -0.00240 e. The molecular formula is C48H34. The van der Waals surface area contributed by atoms with Crippen LogP contribution in [0.5, 0.6) is 0 Å². The highest BCUT2D eigenvalue weighted by molar-refractivity contribution is 6.22. The first-order valence-corrected chi connectivity index (χ1v) is 16.8. The van der Waals surface area contributed by atoms with Gasteiger partial charge in [0.05, 0.1) is 0 Å². The molecule has 0 aromatic heterocycles. The van der Waals surface area contributed by atoms with Gasteiger partial charge in [0, 0.05) is 0 Å². The van der Waals surface area contributed by atoms with Gasteiger partial charge in [0.15, 0.2) is 0 Å². The Hall–Kier alpha value is -5.98. The van der Waals surface area contributed by atoms with E-state index in [9.17, 15) is 0 Å². The number of hydrogen-bond donors (Lipinski definition) is 0. The molecule has 0 unspecified atom stereocenters. The third kappa shape index (κ3) is 4.61. The Bertz CT molecular complexity index is 2620. The first-order chi connectivity index (χ1) is 23.6. The van der Waals surface area contributed by atoms with Crippen molar-refractivity contribution >= 4 is 43.1 Å². The van der Waals surface area contributed by atoms with E-state index in [0.717, 1.165) is 0 Å². The second-order valence-corrected chi connectivity index (χ2v) is 13.0. The zero-order chi connectivity index (χ0) is 32.2. The van der Waals surface area contributed by atoms with Crippen LogP contribution in [0.2, 0.25) is 0 Å². The fraction of sp³-hybridized carbons (Fsp3) is 0.0417. The number of fused-ring (bicyclic) bond motifs is 4. The average Bonchev–Trinajstić information content (AvgIpc) is 3.13. The Balaban J connectivity index is 1.33. The van der Waals surface area contributed by atoms with Crippen molar-refractivity contribution in [3.63, 3.8) is 0 Å². The van der Waals surface area contributed by atoms with Gasteiger partial charge in [-0.05, 0) is 119 Å². The van der Waals surface area contributed by atoms with E-state index in [4.69, 9.17) is 0 Å². The first kappa shape index (κ1) is 28.3. The molecule has 9 aromatic rings. The van der Waals surface area contributed by atoms with Crippen molar-refractivity contribution in [1.82, 2.24) is 0 Å². The number of aryl methyl sites for hydroxylation is 2. The Kier molecular flexibility index (Phi) is 6.69. The maximum absolute atomic E-state index is 2.42. The van der Waals surface area contributed by atoms with Crippen LogP contribution < -0.4 is 0 Å². The smallest absolute Gasteiger partial charge is 0.00240 e. The van der Waals surface area contributed by atoms with Crippen molar-refractivity contribution in [3.8, 4) is 44.5 Å². The summed E-state index contributed by atoms with van der Waals surface area (Å²) in [7, 11) is 0. The standard InChI is InChI=1S/C48H34/c1-31-23-24-36-28-32(2)45(48(44(36)27-31)34-14-4-3-5-15-34)37-17-12-18-38(30-37)46-40-19-8-10-21-42(40)47(43-22-11-9-20-41(43)46)39-26-25-33-13-6-7-16-35(33)29-39/h3-30H,1-2H3. The fourth-order valence-electron chi connectivity index (χ4n) is 7.85. The predicted octanol–water partition coefficient (Wildman–Crippen LogP) is 13.6. The van der Waals surface area contributed by atoms with E-state index in [2.05, 4.69) is 184 Å². The van der Waals surface area contributed by atoms with Crippen LogP contribution in [-0.4, -0.2) is 0 Å². The Morgan fingerprint density at radius 3 is 1.46 bits per heavy atom. The Morgan fingerprint density at radius 2 is 0.792 bits per heavy atom. The van der Waals surface area contributed by atoms with E-state index in [1.807, 2.05) is 0 Å². The van der Waals surface area contributed by atoms with E-state index in [0.29, 0.717) is 0 Å². The van der Waals surface area contributed by atoms with Gasteiger partial charge < -0.3 is 0 Å². The summed E-state index contributed by atoms with van der Waals surface area (Å²) < 4.78 is 0. The van der Waals surface area contributed by atoms with Crippen molar-refractivity contribution in [2.24, 2.45) is 0 Å². The van der Waals surface area contributed by atoms with Gasteiger partial charge >= 0.3 is 0 Å². The molecule has 0 aliphatic rings. The molecule has 0 amide bonds. The van der Waals surface area contributed by atoms with Crippen LogP contribution in [0.1, 0.15) is 11.1 Å². The lowest BCUT2D eigenvalue weighted by Crippen LogP contribution is -1.94. The maximum atomic E-state index is 2.42. The van der Waals surface area contributed by atoms with Gasteiger partial charge in [0.25, 0.3) is 0 Å². The van der Waals surface area contributed by atoms with E-state index in [1.165, 1.54) is 98.7 Å². The third-order valence-corrected chi connectivity index (χ3v) is 9.97. The molecule has 0 heteroatoms. The molecule has 226 valence electrons. The molecule has 0 saturated heterocycles. The van der Waals surface area contributed by atoms with Crippen LogP contribution in [0.15, 0.2) is 170 Å². The van der Waals surface area contributed by atoms with Crippen LogP contribution in [0.3, 0.4) is 0 Å². The molecule has 0 radical (unpaired) electrons. The molecule has 0 fully saturated rings. The summed E-state index contributed by atoms with van der Waals surface area (Å²) in [6.07, 6.45) is 0. The van der Waals surface area contributed by atoms with Crippen molar-refractivity contribution in [1.29, 1.82) is 0 Å². The highest BCUT2D eigenvalue weighted by atomic mass is 14.2. The molecule has 48 heavy (non-hydrogen) atoms. The van der Waals surface area contributed by atoms with Crippen LogP contribution in [-0.2, 0) is 0 Å². The first-order valence-electron chi connectivity index (χ1n) is 16.8. The molecule has 0 saturated carbocycles. The van der Waals surface area contributed by atoms with Crippen LogP contribution in [0, 0.1) is 13.8 Å². The fourth-order valence-corrected chi connectivity index (χ4v) is 7.85. The van der Waals surface area contributed by atoms with Crippen LogP contribution >= 0.6 is 0 Å². The van der Waals surface area contributed by atoms with Gasteiger partial charge in [0.1, 0.15) is 0 Å². The van der Waals surface area contributed by atoms with Gasteiger partial charge in [-0.15, -0.1) is 0 Å². The van der Waals surface area contributed by atoms with Gasteiger partial charge in [-0.25, -0.2) is 0 Å². The van der Waals surface area contributed by atoms with E-state index in [1.54, 1.807) is 0 Å². The SMILES string of the molecule is Cc1ccc2cc(C)c(-c3cccc(-c4c5ccccc5c(-c5ccc6ccccc6c5)c5ccccc45)c3)c(-c3ccccc3)c2c1. The highest BCUT2D eigenvalue weighted by Crippen LogP contribution is 2.46. The number of benzene rings is 9. The molecule has 9 rings (SSSR count). The Morgan fingerprint density at radius 1 is 0.271 bits per heavy atom. The molecule has 0 aliphatic carbocycles. The minimum absolute atomic E-state index is 1.23. The molecule has 0 bridgehead atoms. The molecule has 0 heterocycles. The van der Waals surface area contributed by atoms with Crippen molar-refractivity contribution in [2.45, 2.75) is 13.8 Å². The minimum Gasteiger partial charge on any atom is -0.0622 e. The summed E-state index contributed by atoms with van der Waals surface area (Å²) in [5.74, 6) is 0. The van der Waals surface area contributed by atoms with E-state index < -0.39 is 0 Å². The summed E-state index contributed by atoms with van der Waals surface area (Å²) in [6, 6.07) is 62.7. The Labute approximate surface area is 281 Å². The van der Waals surface area contributed by atoms with Gasteiger partial charge in [0.2, 0.25) is 0 Å². The summed E-state index contributed by atoms with van der Waals surface area (Å²) in [6.45, 7) is 4.45. The summed E-state index contributed by atoms with van der Waals surface area (Å²) in [4.78, 5) is 0. The quantitative estimate of drug-likeness (QED) is 0.174. The number of hydrogen-bond acceptors (Lipinski definition) is 0. The van der Waals surface area contributed by atoms with Gasteiger partial charge in [-0.1, -0.05) is 163 Å². The molecule has 0 nitrogen and oxygen atoms in total. The molecule has 0 N–H and O–H groups in total. The van der Waals surface area contributed by atoms with Crippen molar-refractivity contribution < 1.29 is 0 Å². The summed E-state index contributed by atoms with van der Waals surface area (Å²) >= 11 is 0. The van der Waals surface area contributed by atoms with E-state index >= 15 is 0 Å². The molecule has 0 aliphatic heterocycles. The predicted molar refractivity (Wildman–Crippen MR) is 208 cm³/mol. The van der Waals surface area contributed by atoms with Crippen LogP contribution in [0.4, 0.5) is 0 Å². The topological polar surface area (TPSA) is 0 Å². The second kappa shape index (κ2) is 11.4. The monoisotopic (exact) mass is 610 g/mol. The lowest BCUT2D eigenvalue weighted by Gasteiger charge is -2.20. The number of rotatable bonds is 4. The molecular weight excluding hydrogens is 577 g/mol. The molecule has 0 atom stereocenters. The normalized spacial score (nSPS) is 11.5. The van der Waals surface area contributed by atoms with Crippen LogP contribution in [0.25, 0.3) is 87.6 Å². The minimum atomic E-state index is 1.23. The van der Waals surface area contributed by atoms with E-state index in [-0.39, 0.29) is 0 Å². The highest BCUT2D eigenvalue weighted by Gasteiger charge is 2.19. The summed E-state index contributed by atoms with van der Waals surface area (Å²) in [5, 5.41) is 10.2. The largest absolute Gasteiger partial charge is 0.0622 e. The third-order valence-electron chi connectivity index (χ3n) is 9.97. The molecule has 0 spiro atoms. The van der Waals surface area contributed by atoms with Crippen molar-refractivity contribution in [3.05, 3.63) is 181 Å². The molecule has 9 aromatic carbocycles. The van der Waals surface area contributed by atoms with Crippen molar-refractivity contribution in [2.75, 3.05) is 0 Å². The lowest BCUT2D eigenvalue weighted by atomic mass is 9.83. The lowest BCUT2D eigenvalue weighted by molar-refractivity contribution is 1.46. The average molecular weight is 611 g/mol. The van der Waals surface area contributed by atoms with Gasteiger partial charge in [-0.2, -0.15) is 0 Å². The second-order valence-electron chi connectivity index (χ2n) is 13.0. The summed E-state index contributed by atoms with van der Waals surface area (Å²) in [5.41, 5.74) is 12.7. The zero-order valence-electron chi connectivity index (χ0n) is 27.2.